The van der Waals surface area contributed by atoms with E-state index in [0.717, 1.165) is 0 Å². The van der Waals surface area contributed by atoms with E-state index in [-0.39, 0.29) is 5.92 Å². The molecule has 0 fully saturated rings. The van der Waals surface area contributed by atoms with Gasteiger partial charge in [0.05, 0.1) is 0 Å². The minimum atomic E-state index is -4.81. The van der Waals surface area contributed by atoms with E-state index >= 15 is 0 Å². The molecule has 6 heteroatoms. The number of alkyl halides is 3. The molecule has 0 aliphatic carbocycles. The van der Waals surface area contributed by atoms with Crippen molar-refractivity contribution in [1.29, 1.82) is 0 Å². The van der Waals surface area contributed by atoms with Gasteiger partial charge in [-0.1, -0.05) is 13.8 Å². The predicted molar refractivity (Wildman–Crippen MR) is 44.6 cm³/mol. The number of carbonyl (C=O) groups is 1. The monoisotopic (exact) mass is 213 g/mol. The Bertz CT molecular complexity index is 215. The third-order valence-electron chi connectivity index (χ3n) is 2.06. The first kappa shape index (κ1) is 13.2. The Balaban J connectivity index is 5.10. The lowest BCUT2D eigenvalue weighted by atomic mass is 9.79. The van der Waals surface area contributed by atoms with Gasteiger partial charge in [-0.05, 0) is 12.3 Å². The molecule has 14 heavy (non-hydrogen) atoms. The zero-order valence-electron chi connectivity index (χ0n) is 8.06. The van der Waals surface area contributed by atoms with Crippen LogP contribution in [0.25, 0.3) is 0 Å². The molecule has 0 spiro atoms. The Hall–Kier alpha value is -0.780. The van der Waals surface area contributed by atoms with E-state index in [1.54, 1.807) is 0 Å². The molecule has 0 aliphatic heterocycles. The number of hydrogen-bond acceptors (Lipinski definition) is 2. The van der Waals surface area contributed by atoms with Crippen LogP contribution in [0.5, 0.6) is 0 Å². The van der Waals surface area contributed by atoms with Gasteiger partial charge in [-0.25, -0.2) is 0 Å². The van der Waals surface area contributed by atoms with E-state index in [4.69, 9.17) is 10.8 Å². The maximum atomic E-state index is 12.5. The SMILES string of the molecule is CC(C)CC(CN)(C(=O)O)C(F)(F)F. The van der Waals surface area contributed by atoms with Gasteiger partial charge in [0.25, 0.3) is 0 Å². The number of aliphatic carboxylic acids is 1. The molecule has 84 valence electrons. The standard InChI is InChI=1S/C8H14F3NO2/c1-5(2)3-7(4-12,6(13)14)8(9,10)11/h5H,3-4,12H2,1-2H3,(H,13,14). The van der Waals surface area contributed by atoms with Crippen molar-refractivity contribution in [3.05, 3.63) is 0 Å². The summed E-state index contributed by atoms with van der Waals surface area (Å²) in [5, 5.41) is 8.61. The first-order chi connectivity index (χ1) is 6.17. The number of rotatable bonds is 4. The second kappa shape index (κ2) is 4.16. The summed E-state index contributed by atoms with van der Waals surface area (Å²) in [6.45, 7) is 2.13. The molecule has 0 aromatic heterocycles. The van der Waals surface area contributed by atoms with Crippen LogP contribution in [0.4, 0.5) is 13.2 Å². The predicted octanol–water partition coefficient (Wildman–Crippen LogP) is 1.62. The molecule has 0 radical (unpaired) electrons. The fraction of sp³-hybridized carbons (Fsp3) is 0.875. The third-order valence-corrected chi connectivity index (χ3v) is 2.06. The quantitative estimate of drug-likeness (QED) is 0.745. The summed E-state index contributed by atoms with van der Waals surface area (Å²) in [7, 11) is 0. The molecule has 1 unspecified atom stereocenters. The molecule has 0 heterocycles. The first-order valence-corrected chi connectivity index (χ1v) is 4.17. The number of carboxylic acid groups (broad SMARTS) is 1. The highest BCUT2D eigenvalue weighted by Gasteiger charge is 2.59. The van der Waals surface area contributed by atoms with Gasteiger partial charge in [-0.3, -0.25) is 4.79 Å². The first-order valence-electron chi connectivity index (χ1n) is 4.17. The Morgan fingerprint density at radius 1 is 1.43 bits per heavy atom. The Labute approximate surface area is 80.1 Å². The van der Waals surface area contributed by atoms with Crippen molar-refractivity contribution in [2.24, 2.45) is 17.1 Å². The molecular weight excluding hydrogens is 199 g/mol. The van der Waals surface area contributed by atoms with Crippen molar-refractivity contribution in [1.82, 2.24) is 0 Å². The maximum Gasteiger partial charge on any atom is 0.406 e. The molecule has 3 nitrogen and oxygen atoms in total. The molecular formula is C8H14F3NO2. The van der Waals surface area contributed by atoms with Gasteiger partial charge in [0.15, 0.2) is 5.41 Å². The largest absolute Gasteiger partial charge is 0.481 e. The topological polar surface area (TPSA) is 63.3 Å². The molecule has 1 atom stereocenters. The van der Waals surface area contributed by atoms with Gasteiger partial charge in [0, 0.05) is 6.54 Å². The summed E-state index contributed by atoms with van der Waals surface area (Å²) < 4.78 is 37.6. The van der Waals surface area contributed by atoms with Crippen LogP contribution in [-0.4, -0.2) is 23.8 Å². The van der Waals surface area contributed by atoms with Crippen LogP contribution in [0.1, 0.15) is 20.3 Å². The molecule has 0 aromatic rings. The Morgan fingerprint density at radius 2 is 1.86 bits per heavy atom. The highest BCUT2D eigenvalue weighted by Crippen LogP contribution is 2.42. The van der Waals surface area contributed by atoms with Crippen LogP contribution >= 0.6 is 0 Å². The average Bonchev–Trinajstić information content (AvgIpc) is 1.96. The van der Waals surface area contributed by atoms with Crippen LogP contribution in [0.15, 0.2) is 0 Å². The zero-order chi connectivity index (χ0) is 11.6. The summed E-state index contributed by atoms with van der Waals surface area (Å²) in [6.07, 6.45) is -5.31. The van der Waals surface area contributed by atoms with E-state index < -0.39 is 30.5 Å². The average molecular weight is 213 g/mol. The molecule has 0 saturated carbocycles. The Kier molecular flexibility index (Phi) is 3.93. The lowest BCUT2D eigenvalue weighted by Gasteiger charge is -2.31. The summed E-state index contributed by atoms with van der Waals surface area (Å²) in [6, 6.07) is 0. The van der Waals surface area contributed by atoms with Crippen molar-refractivity contribution in [3.63, 3.8) is 0 Å². The molecule has 0 saturated heterocycles. The van der Waals surface area contributed by atoms with Gasteiger partial charge in [-0.15, -0.1) is 0 Å². The van der Waals surface area contributed by atoms with Crippen LogP contribution in [-0.2, 0) is 4.79 Å². The van der Waals surface area contributed by atoms with Crippen molar-refractivity contribution in [2.45, 2.75) is 26.4 Å². The van der Waals surface area contributed by atoms with Gasteiger partial charge >= 0.3 is 12.1 Å². The maximum absolute atomic E-state index is 12.5. The van der Waals surface area contributed by atoms with Crippen molar-refractivity contribution >= 4 is 5.97 Å². The van der Waals surface area contributed by atoms with Crippen molar-refractivity contribution in [2.75, 3.05) is 6.54 Å². The third kappa shape index (κ3) is 2.37. The zero-order valence-corrected chi connectivity index (χ0v) is 8.06. The summed E-state index contributed by atoms with van der Waals surface area (Å²) in [4.78, 5) is 10.6. The van der Waals surface area contributed by atoms with E-state index in [1.165, 1.54) is 13.8 Å². The summed E-state index contributed by atoms with van der Waals surface area (Å²) in [5.74, 6) is -2.28. The molecule has 0 aromatic carbocycles. The minimum Gasteiger partial charge on any atom is -0.481 e. The number of halogens is 3. The normalized spacial score (nSPS) is 16.8. The van der Waals surface area contributed by atoms with E-state index in [1.807, 2.05) is 0 Å². The van der Waals surface area contributed by atoms with Crippen LogP contribution in [0, 0.1) is 11.3 Å². The highest BCUT2D eigenvalue weighted by molar-refractivity contribution is 5.76. The number of hydrogen-bond donors (Lipinski definition) is 2. The van der Waals surface area contributed by atoms with Gasteiger partial charge in [-0.2, -0.15) is 13.2 Å². The molecule has 0 rings (SSSR count). The molecule has 3 N–H and O–H groups in total. The number of nitrogens with two attached hydrogens (primary N) is 1. The smallest absolute Gasteiger partial charge is 0.406 e. The fourth-order valence-electron chi connectivity index (χ4n) is 1.31. The fourth-order valence-corrected chi connectivity index (χ4v) is 1.31. The van der Waals surface area contributed by atoms with E-state index in [2.05, 4.69) is 0 Å². The van der Waals surface area contributed by atoms with Crippen LogP contribution < -0.4 is 5.73 Å². The van der Waals surface area contributed by atoms with Gasteiger partial charge in [0.1, 0.15) is 0 Å². The Morgan fingerprint density at radius 3 is 1.93 bits per heavy atom. The summed E-state index contributed by atoms with van der Waals surface area (Å²) in [5.41, 5.74) is 2.14. The van der Waals surface area contributed by atoms with Crippen molar-refractivity contribution < 1.29 is 23.1 Å². The van der Waals surface area contributed by atoms with Crippen molar-refractivity contribution in [3.8, 4) is 0 Å². The molecule has 0 amide bonds. The minimum absolute atomic E-state index is 0.378. The lowest BCUT2D eigenvalue weighted by Crippen LogP contribution is -2.51. The second-order valence-corrected chi connectivity index (χ2v) is 3.69. The second-order valence-electron chi connectivity index (χ2n) is 3.69. The van der Waals surface area contributed by atoms with Gasteiger partial charge < -0.3 is 10.8 Å². The molecule has 0 aliphatic rings. The van der Waals surface area contributed by atoms with Crippen LogP contribution in [0.2, 0.25) is 0 Å². The van der Waals surface area contributed by atoms with Crippen LogP contribution in [0.3, 0.4) is 0 Å². The van der Waals surface area contributed by atoms with Gasteiger partial charge in [0.2, 0.25) is 0 Å². The highest BCUT2D eigenvalue weighted by atomic mass is 19.4. The number of carboxylic acids is 1. The lowest BCUT2D eigenvalue weighted by molar-refractivity contribution is -0.232. The van der Waals surface area contributed by atoms with E-state index in [0.29, 0.717) is 0 Å². The molecule has 0 bridgehead atoms. The summed E-state index contributed by atoms with van der Waals surface area (Å²) >= 11 is 0. The van der Waals surface area contributed by atoms with E-state index in [9.17, 15) is 18.0 Å².